The first-order valence-electron chi connectivity index (χ1n) is 13.1. The molecule has 0 radical (unpaired) electrons. The lowest BCUT2D eigenvalue weighted by Crippen LogP contribution is -2.25. The van der Waals surface area contributed by atoms with Gasteiger partial charge in [0.2, 0.25) is 0 Å². The number of pyridine rings is 1. The number of rotatable bonds is 6. The van der Waals surface area contributed by atoms with E-state index >= 15 is 0 Å². The molecule has 1 saturated carbocycles. The predicted molar refractivity (Wildman–Crippen MR) is 157 cm³/mol. The smallest absolute Gasteiger partial charge is 0.258 e. The summed E-state index contributed by atoms with van der Waals surface area (Å²) in [4.78, 5) is 25.9. The fourth-order valence-corrected chi connectivity index (χ4v) is 5.06. The van der Waals surface area contributed by atoms with Gasteiger partial charge in [-0.25, -0.2) is 0 Å². The lowest BCUT2D eigenvalue weighted by atomic mass is 9.96. The van der Waals surface area contributed by atoms with Crippen LogP contribution in [0.15, 0.2) is 83.8 Å². The number of fused-ring (bicyclic) bond motifs is 1. The van der Waals surface area contributed by atoms with Crippen LogP contribution in [0, 0.1) is 6.92 Å². The van der Waals surface area contributed by atoms with Crippen molar-refractivity contribution in [2.45, 2.75) is 38.8 Å². The Morgan fingerprint density at radius 2 is 1.79 bits per heavy atom. The SMILES string of the molecule is Cc1ccc(C(=O)NC2CC2)cc1-c1ccc2c(=O)n(Cc3ccc(C4=CCNCC4)cc3)ccc2c1.Cl. The summed E-state index contributed by atoms with van der Waals surface area (Å²) < 4.78 is 1.77. The van der Waals surface area contributed by atoms with Crippen LogP contribution < -0.4 is 16.2 Å². The molecule has 6 rings (SSSR count). The quantitative estimate of drug-likeness (QED) is 0.338. The molecule has 1 fully saturated rings. The van der Waals surface area contributed by atoms with Crippen LogP contribution in [0.2, 0.25) is 0 Å². The Bertz CT molecular complexity index is 1580. The van der Waals surface area contributed by atoms with Crippen molar-refractivity contribution >= 4 is 34.7 Å². The summed E-state index contributed by atoms with van der Waals surface area (Å²) in [5.41, 5.74) is 7.53. The number of nitrogens with zero attached hydrogens (tertiary/aromatic N) is 1. The van der Waals surface area contributed by atoms with E-state index in [1.807, 2.05) is 55.6 Å². The second-order valence-electron chi connectivity index (χ2n) is 10.2. The lowest BCUT2D eigenvalue weighted by Gasteiger charge is -2.15. The molecule has 1 aromatic heterocycles. The third kappa shape index (κ3) is 5.45. The Balaban J connectivity index is 0.00000294. The number of hydrogen-bond acceptors (Lipinski definition) is 3. The van der Waals surface area contributed by atoms with Gasteiger partial charge in [-0.2, -0.15) is 0 Å². The van der Waals surface area contributed by atoms with Gasteiger partial charge < -0.3 is 15.2 Å². The molecule has 1 aliphatic heterocycles. The van der Waals surface area contributed by atoms with E-state index < -0.39 is 0 Å². The van der Waals surface area contributed by atoms with Crippen LogP contribution >= 0.6 is 12.4 Å². The number of nitrogens with one attached hydrogen (secondary N) is 2. The Morgan fingerprint density at radius 3 is 2.53 bits per heavy atom. The van der Waals surface area contributed by atoms with E-state index in [0.29, 0.717) is 23.5 Å². The van der Waals surface area contributed by atoms with Crippen molar-refractivity contribution in [3.8, 4) is 11.1 Å². The highest BCUT2D eigenvalue weighted by Crippen LogP contribution is 2.28. The van der Waals surface area contributed by atoms with Crippen LogP contribution in [0.5, 0.6) is 0 Å². The molecule has 0 spiro atoms. The molecule has 3 aromatic carbocycles. The maximum absolute atomic E-state index is 13.3. The van der Waals surface area contributed by atoms with E-state index in [4.69, 9.17) is 0 Å². The molecule has 1 aliphatic carbocycles. The predicted octanol–water partition coefficient (Wildman–Crippen LogP) is 5.72. The fourth-order valence-electron chi connectivity index (χ4n) is 5.06. The van der Waals surface area contributed by atoms with Crippen LogP contribution in [-0.4, -0.2) is 29.6 Å². The van der Waals surface area contributed by atoms with E-state index in [1.165, 1.54) is 11.1 Å². The van der Waals surface area contributed by atoms with Crippen molar-refractivity contribution < 1.29 is 4.79 Å². The van der Waals surface area contributed by atoms with E-state index in [-0.39, 0.29) is 23.9 Å². The van der Waals surface area contributed by atoms with E-state index in [1.54, 1.807) is 4.57 Å². The van der Waals surface area contributed by atoms with Gasteiger partial charge in [0.15, 0.2) is 0 Å². The summed E-state index contributed by atoms with van der Waals surface area (Å²) in [6.07, 6.45) is 7.30. The minimum absolute atomic E-state index is 0. The number of carbonyl (C=O) groups is 1. The van der Waals surface area contributed by atoms with Crippen molar-refractivity contribution in [3.05, 3.63) is 112 Å². The minimum atomic E-state index is -0.0204. The third-order valence-electron chi connectivity index (χ3n) is 7.44. The van der Waals surface area contributed by atoms with Gasteiger partial charge in [0, 0.05) is 29.7 Å². The van der Waals surface area contributed by atoms with Gasteiger partial charge in [0.25, 0.3) is 11.5 Å². The number of aromatic nitrogens is 1. The molecule has 194 valence electrons. The highest BCUT2D eigenvalue weighted by Gasteiger charge is 2.24. The molecule has 0 bridgehead atoms. The van der Waals surface area contributed by atoms with Crippen LogP contribution in [-0.2, 0) is 6.54 Å². The topological polar surface area (TPSA) is 63.1 Å². The second kappa shape index (κ2) is 11.0. The van der Waals surface area contributed by atoms with Gasteiger partial charge in [-0.3, -0.25) is 9.59 Å². The molecule has 4 aromatic rings. The zero-order valence-electron chi connectivity index (χ0n) is 21.5. The first kappa shape index (κ1) is 26.0. The standard InChI is InChI=1S/C32H31N3O2.ClH/c1-21-2-5-27(31(36)34-28-9-10-28)19-30(21)25-8-11-29-26(18-25)14-17-35(32(29)37)20-22-3-6-23(7-4-22)24-12-15-33-16-13-24;/h2-8,11-12,14,17-19,28,33H,9-10,13,15-16,20H2,1H3,(H,34,36);1H. The zero-order chi connectivity index (χ0) is 25.4. The number of halogens is 1. The molecule has 6 heteroatoms. The average molecular weight is 526 g/mol. The third-order valence-corrected chi connectivity index (χ3v) is 7.44. The Labute approximate surface area is 229 Å². The summed E-state index contributed by atoms with van der Waals surface area (Å²) in [5.74, 6) is -0.0204. The highest BCUT2D eigenvalue weighted by molar-refractivity contribution is 5.96. The Kier molecular flexibility index (Phi) is 7.50. The van der Waals surface area contributed by atoms with Gasteiger partial charge in [0.1, 0.15) is 0 Å². The van der Waals surface area contributed by atoms with Gasteiger partial charge in [0.05, 0.1) is 6.54 Å². The number of hydrogen-bond donors (Lipinski definition) is 2. The average Bonchev–Trinajstić information content (AvgIpc) is 3.75. The van der Waals surface area contributed by atoms with Crippen LogP contribution in [0.3, 0.4) is 0 Å². The summed E-state index contributed by atoms with van der Waals surface area (Å²) >= 11 is 0. The Hall–Kier alpha value is -3.67. The number of benzene rings is 3. The van der Waals surface area contributed by atoms with Crippen molar-refractivity contribution in [3.63, 3.8) is 0 Å². The van der Waals surface area contributed by atoms with Crippen LogP contribution in [0.1, 0.15) is 46.3 Å². The monoisotopic (exact) mass is 525 g/mol. The van der Waals surface area contributed by atoms with E-state index in [2.05, 4.69) is 41.0 Å². The molecule has 2 aliphatic rings. The number of carbonyl (C=O) groups excluding carboxylic acids is 1. The number of aryl methyl sites for hydroxylation is 1. The summed E-state index contributed by atoms with van der Waals surface area (Å²) in [6, 6.07) is 22.7. The highest BCUT2D eigenvalue weighted by atomic mass is 35.5. The first-order valence-corrected chi connectivity index (χ1v) is 13.1. The van der Waals surface area contributed by atoms with Gasteiger partial charge in [-0.1, -0.05) is 42.5 Å². The first-order chi connectivity index (χ1) is 18.0. The van der Waals surface area contributed by atoms with E-state index in [9.17, 15) is 9.59 Å². The number of amides is 1. The van der Waals surface area contributed by atoms with Crippen molar-refractivity contribution in [2.75, 3.05) is 13.1 Å². The molecular weight excluding hydrogens is 494 g/mol. The summed E-state index contributed by atoms with van der Waals surface area (Å²) in [7, 11) is 0. The van der Waals surface area contributed by atoms with Crippen LogP contribution in [0.4, 0.5) is 0 Å². The van der Waals surface area contributed by atoms with Crippen LogP contribution in [0.25, 0.3) is 27.5 Å². The molecule has 0 unspecified atom stereocenters. The summed E-state index contributed by atoms with van der Waals surface area (Å²) in [5, 5.41) is 8.01. The molecular formula is C32H32ClN3O2. The maximum atomic E-state index is 13.3. The largest absolute Gasteiger partial charge is 0.349 e. The van der Waals surface area contributed by atoms with Gasteiger partial charge in [-0.05, 0) is 102 Å². The molecule has 1 amide bonds. The Morgan fingerprint density at radius 1 is 1.00 bits per heavy atom. The molecule has 2 N–H and O–H groups in total. The second-order valence-corrected chi connectivity index (χ2v) is 10.2. The lowest BCUT2D eigenvalue weighted by molar-refractivity contribution is 0.0951. The maximum Gasteiger partial charge on any atom is 0.258 e. The van der Waals surface area contributed by atoms with E-state index in [0.717, 1.165) is 60.0 Å². The van der Waals surface area contributed by atoms with Crippen molar-refractivity contribution in [1.82, 2.24) is 15.2 Å². The fraction of sp³-hybridized carbons (Fsp3) is 0.250. The molecule has 38 heavy (non-hydrogen) atoms. The minimum Gasteiger partial charge on any atom is -0.349 e. The van der Waals surface area contributed by atoms with Gasteiger partial charge in [-0.15, -0.1) is 12.4 Å². The summed E-state index contributed by atoms with van der Waals surface area (Å²) in [6.45, 7) is 4.52. The van der Waals surface area contributed by atoms with Crippen molar-refractivity contribution in [2.24, 2.45) is 0 Å². The van der Waals surface area contributed by atoms with Gasteiger partial charge >= 0.3 is 0 Å². The molecule has 5 nitrogen and oxygen atoms in total. The molecule has 0 saturated heterocycles. The van der Waals surface area contributed by atoms with Crippen molar-refractivity contribution in [1.29, 1.82) is 0 Å². The normalized spacial score (nSPS) is 15.0. The zero-order valence-corrected chi connectivity index (χ0v) is 22.3. The molecule has 0 atom stereocenters. The molecule has 2 heterocycles.